The SMILES string of the molecule is Cc1c(C)c(S(=O)(=O)NC(=O)[C@H](CCCNC(=N)N)NCc2ccc(CNC(=O)OCc3ccccc3)cc2)c(C)c2c1OC(C)(C)CC2. The molecular formula is C36H48N6O6S. The maximum atomic E-state index is 13.8. The quantitative estimate of drug-likeness (QED) is 0.0811. The van der Waals surface area contributed by atoms with Crippen LogP contribution in [0.15, 0.2) is 59.5 Å². The van der Waals surface area contributed by atoms with Crippen LogP contribution in [-0.2, 0) is 45.7 Å². The molecule has 0 aliphatic carbocycles. The Bertz CT molecular complexity index is 1760. The molecular weight excluding hydrogens is 644 g/mol. The van der Waals surface area contributed by atoms with Gasteiger partial charge < -0.3 is 31.2 Å². The van der Waals surface area contributed by atoms with E-state index in [2.05, 4.69) is 20.7 Å². The Kier molecular flexibility index (Phi) is 12.3. The van der Waals surface area contributed by atoms with Crippen LogP contribution in [0.25, 0.3) is 0 Å². The van der Waals surface area contributed by atoms with E-state index in [1.54, 1.807) is 13.8 Å². The van der Waals surface area contributed by atoms with Gasteiger partial charge in [-0.2, -0.15) is 0 Å². The van der Waals surface area contributed by atoms with E-state index in [1.165, 1.54) is 0 Å². The van der Waals surface area contributed by atoms with Crippen molar-refractivity contribution >= 4 is 28.0 Å². The first-order valence-electron chi connectivity index (χ1n) is 16.4. The summed E-state index contributed by atoms with van der Waals surface area (Å²) in [6.45, 7) is 10.5. The van der Waals surface area contributed by atoms with Gasteiger partial charge in [0.05, 0.1) is 10.9 Å². The topological polar surface area (TPSA) is 185 Å². The summed E-state index contributed by atoms with van der Waals surface area (Å²) in [7, 11) is -4.23. The molecule has 4 rings (SSSR count). The van der Waals surface area contributed by atoms with Gasteiger partial charge in [0.25, 0.3) is 15.9 Å². The Morgan fingerprint density at radius 3 is 2.24 bits per heavy atom. The molecule has 0 fully saturated rings. The molecule has 0 radical (unpaired) electrons. The van der Waals surface area contributed by atoms with Crippen molar-refractivity contribution in [3.63, 3.8) is 0 Å². The average molecular weight is 693 g/mol. The zero-order valence-corrected chi connectivity index (χ0v) is 29.7. The van der Waals surface area contributed by atoms with Crippen molar-refractivity contribution in [2.24, 2.45) is 5.73 Å². The zero-order valence-electron chi connectivity index (χ0n) is 28.9. The van der Waals surface area contributed by atoms with E-state index >= 15 is 0 Å². The molecule has 0 bridgehead atoms. The highest BCUT2D eigenvalue weighted by Crippen LogP contribution is 2.42. The number of carbonyl (C=O) groups is 2. The number of amides is 2. The van der Waals surface area contributed by atoms with Gasteiger partial charge in [0, 0.05) is 19.6 Å². The standard InChI is InChI=1S/C36H48N6O6S/c1-23-24(2)32(25(3)29-17-18-36(4,5)48-31(23)29)49(45,46)42-33(43)30(12-9-19-39-34(37)38)40-20-26-13-15-27(16-14-26)21-41-35(44)47-22-28-10-7-6-8-11-28/h6-8,10-11,13-16,30,40H,9,12,17-22H2,1-5H3,(H,41,44)(H,42,43)(H4,37,38,39)/t30-/m0/s1. The molecule has 1 atom stereocenters. The summed E-state index contributed by atoms with van der Waals surface area (Å²) in [5.74, 6) is -0.139. The smallest absolute Gasteiger partial charge is 0.407 e. The van der Waals surface area contributed by atoms with Crippen LogP contribution in [0.4, 0.5) is 4.79 Å². The third-order valence-corrected chi connectivity index (χ3v) is 10.3. The molecule has 2 amide bonds. The molecule has 1 aliphatic heterocycles. The summed E-state index contributed by atoms with van der Waals surface area (Å²) in [4.78, 5) is 25.8. The number of ether oxygens (including phenoxy) is 2. The lowest BCUT2D eigenvalue weighted by molar-refractivity contribution is -0.121. The highest BCUT2D eigenvalue weighted by Gasteiger charge is 2.34. The van der Waals surface area contributed by atoms with Gasteiger partial charge in [-0.3, -0.25) is 10.2 Å². The van der Waals surface area contributed by atoms with E-state index in [9.17, 15) is 18.0 Å². The van der Waals surface area contributed by atoms with Crippen molar-refractivity contribution in [3.05, 3.63) is 93.5 Å². The van der Waals surface area contributed by atoms with Crippen molar-refractivity contribution in [3.8, 4) is 5.75 Å². The predicted molar refractivity (Wildman–Crippen MR) is 189 cm³/mol. The highest BCUT2D eigenvalue weighted by molar-refractivity contribution is 7.90. The van der Waals surface area contributed by atoms with E-state index < -0.39 is 28.1 Å². The number of hydrogen-bond donors (Lipinski definition) is 6. The summed E-state index contributed by atoms with van der Waals surface area (Å²) in [5, 5.41) is 16.1. The van der Waals surface area contributed by atoms with Gasteiger partial charge in [0.1, 0.15) is 18.0 Å². The van der Waals surface area contributed by atoms with Gasteiger partial charge >= 0.3 is 6.09 Å². The molecule has 0 spiro atoms. The Labute approximate surface area is 289 Å². The van der Waals surface area contributed by atoms with Crippen LogP contribution in [-0.4, -0.2) is 44.6 Å². The molecule has 3 aromatic carbocycles. The molecule has 12 nitrogen and oxygen atoms in total. The lowest BCUT2D eigenvalue weighted by atomic mass is 9.88. The Morgan fingerprint density at radius 1 is 0.939 bits per heavy atom. The molecule has 7 N–H and O–H groups in total. The minimum absolute atomic E-state index is 0.102. The van der Waals surface area contributed by atoms with Crippen LogP contribution < -0.4 is 31.1 Å². The third kappa shape index (κ3) is 10.2. The fraction of sp³-hybridized carbons (Fsp3) is 0.417. The van der Waals surface area contributed by atoms with E-state index in [-0.39, 0.29) is 36.2 Å². The number of alkyl carbamates (subject to hydrolysis) is 1. The minimum atomic E-state index is -4.23. The summed E-state index contributed by atoms with van der Waals surface area (Å²) in [5.41, 5.74) is 10.4. The monoisotopic (exact) mass is 692 g/mol. The number of carbonyl (C=O) groups excluding carboxylic acids is 2. The average Bonchev–Trinajstić information content (AvgIpc) is 3.05. The summed E-state index contributed by atoms with van der Waals surface area (Å²) in [6.07, 6.45) is 1.64. The fourth-order valence-corrected chi connectivity index (χ4v) is 7.42. The first-order valence-corrected chi connectivity index (χ1v) is 17.9. The van der Waals surface area contributed by atoms with Gasteiger partial charge in [-0.15, -0.1) is 0 Å². The number of fused-ring (bicyclic) bond motifs is 1. The van der Waals surface area contributed by atoms with Gasteiger partial charge in [0.15, 0.2) is 5.96 Å². The highest BCUT2D eigenvalue weighted by atomic mass is 32.2. The van der Waals surface area contributed by atoms with Gasteiger partial charge in [-0.25, -0.2) is 17.9 Å². The Morgan fingerprint density at radius 2 is 1.59 bits per heavy atom. The van der Waals surface area contributed by atoms with Crippen LogP contribution in [0.5, 0.6) is 5.75 Å². The van der Waals surface area contributed by atoms with E-state index in [1.807, 2.05) is 75.4 Å². The number of sulfonamides is 1. The van der Waals surface area contributed by atoms with Crippen molar-refractivity contribution in [2.75, 3.05) is 6.54 Å². The first kappa shape index (κ1) is 37.2. The maximum absolute atomic E-state index is 13.8. The van der Waals surface area contributed by atoms with Gasteiger partial charge in [0.2, 0.25) is 0 Å². The van der Waals surface area contributed by atoms with Crippen LogP contribution in [0.2, 0.25) is 0 Å². The number of benzene rings is 3. The third-order valence-electron chi connectivity index (χ3n) is 8.70. The maximum Gasteiger partial charge on any atom is 0.407 e. The first-order chi connectivity index (χ1) is 23.2. The van der Waals surface area contributed by atoms with Gasteiger partial charge in [-0.05, 0) is 99.2 Å². The molecule has 0 saturated heterocycles. The summed E-state index contributed by atoms with van der Waals surface area (Å²) < 4.78 is 41.5. The Balaban J connectivity index is 1.40. The number of rotatable bonds is 14. The van der Waals surface area contributed by atoms with E-state index in [4.69, 9.17) is 20.6 Å². The van der Waals surface area contributed by atoms with Crippen LogP contribution in [0.3, 0.4) is 0 Å². The number of hydrogen-bond acceptors (Lipinski definition) is 8. The van der Waals surface area contributed by atoms with Crippen LogP contribution in [0, 0.1) is 26.2 Å². The molecule has 0 aromatic heterocycles. The molecule has 1 heterocycles. The number of nitrogens with one attached hydrogen (secondary N) is 5. The molecule has 1 aliphatic rings. The largest absolute Gasteiger partial charge is 0.487 e. The number of guanidine groups is 1. The summed E-state index contributed by atoms with van der Waals surface area (Å²) >= 11 is 0. The number of nitrogens with two attached hydrogens (primary N) is 1. The molecule has 264 valence electrons. The Hall–Kier alpha value is -4.62. The van der Waals surface area contributed by atoms with Crippen LogP contribution in [0.1, 0.15) is 72.1 Å². The van der Waals surface area contributed by atoms with Crippen molar-refractivity contribution in [2.45, 2.75) is 96.5 Å². The molecule has 13 heteroatoms. The van der Waals surface area contributed by atoms with Gasteiger partial charge in [-0.1, -0.05) is 54.6 Å². The van der Waals surface area contributed by atoms with Crippen molar-refractivity contribution < 1.29 is 27.5 Å². The van der Waals surface area contributed by atoms with Crippen LogP contribution >= 0.6 is 0 Å². The second-order valence-electron chi connectivity index (χ2n) is 13.0. The molecule has 49 heavy (non-hydrogen) atoms. The van der Waals surface area contributed by atoms with E-state index in [0.29, 0.717) is 36.9 Å². The molecule has 3 aromatic rings. The molecule has 0 saturated carbocycles. The minimum Gasteiger partial charge on any atom is -0.487 e. The van der Waals surface area contributed by atoms with Crippen molar-refractivity contribution in [1.82, 2.24) is 20.7 Å². The second-order valence-corrected chi connectivity index (χ2v) is 14.6. The lowest BCUT2D eigenvalue weighted by Gasteiger charge is -2.35. The molecule has 0 unspecified atom stereocenters. The lowest BCUT2D eigenvalue weighted by Crippen LogP contribution is -2.46. The normalized spacial score (nSPS) is 14.1. The second kappa shape index (κ2) is 16.2. The summed E-state index contributed by atoms with van der Waals surface area (Å²) in [6, 6.07) is 16.0. The zero-order chi connectivity index (χ0) is 35.8. The van der Waals surface area contributed by atoms with Crippen molar-refractivity contribution in [1.29, 1.82) is 5.41 Å². The fourth-order valence-electron chi connectivity index (χ4n) is 5.83. The van der Waals surface area contributed by atoms with E-state index in [0.717, 1.165) is 40.0 Å². The predicted octanol–water partition coefficient (Wildman–Crippen LogP) is 4.37.